The second-order valence-electron chi connectivity index (χ2n) is 9.66. The molecule has 1 aliphatic heterocycles. The first-order chi connectivity index (χ1) is 17.8. The van der Waals surface area contributed by atoms with Crippen molar-refractivity contribution in [2.24, 2.45) is 0 Å². The number of aromatic nitrogens is 1. The molecule has 1 amide bonds. The number of nitrogens with zero attached hydrogens (tertiary/aromatic N) is 3. The number of furan rings is 1. The molecule has 2 aromatic heterocycles. The maximum Gasteiger partial charge on any atom is 0.260 e. The van der Waals surface area contributed by atoms with Gasteiger partial charge in [0.15, 0.2) is 5.13 Å². The standard InChI is InChI=1S/C28H31N3O4S2/c1-20(2)24-10-7-11-25-26(24)29-28(36-25)31(19-22-9-8-18-35-22)27(32)21-12-14-23(15-13-21)37(33,34)30-16-5-3-4-6-17-30/h7-15,18,20H,3-6,16-17,19H2,1-2H3. The van der Waals surface area contributed by atoms with E-state index >= 15 is 0 Å². The molecule has 37 heavy (non-hydrogen) atoms. The van der Waals surface area contributed by atoms with Crippen molar-refractivity contribution < 1.29 is 17.6 Å². The molecule has 0 N–H and O–H groups in total. The Hall–Kier alpha value is -3.01. The smallest absolute Gasteiger partial charge is 0.260 e. The molecule has 194 valence electrons. The second kappa shape index (κ2) is 10.8. The number of fused-ring (bicyclic) bond motifs is 1. The number of rotatable bonds is 7. The average Bonchev–Trinajstić information content (AvgIpc) is 3.48. The molecule has 0 aliphatic carbocycles. The fourth-order valence-corrected chi connectivity index (χ4v) is 7.20. The molecule has 0 bridgehead atoms. The number of hydrogen-bond donors (Lipinski definition) is 0. The first kappa shape index (κ1) is 25.6. The third-order valence-electron chi connectivity index (χ3n) is 6.74. The number of hydrogen-bond acceptors (Lipinski definition) is 6. The number of thiazole rings is 1. The van der Waals surface area contributed by atoms with Crippen LogP contribution in [0.4, 0.5) is 5.13 Å². The average molecular weight is 538 g/mol. The highest BCUT2D eigenvalue weighted by Crippen LogP contribution is 2.35. The van der Waals surface area contributed by atoms with Crippen molar-refractivity contribution in [1.29, 1.82) is 0 Å². The first-order valence-corrected chi connectivity index (χ1v) is 14.9. The molecule has 0 spiro atoms. The van der Waals surface area contributed by atoms with Crippen LogP contribution in [-0.2, 0) is 16.6 Å². The summed E-state index contributed by atoms with van der Waals surface area (Å²) < 4.78 is 34.5. The van der Waals surface area contributed by atoms with Gasteiger partial charge in [-0.25, -0.2) is 13.4 Å². The van der Waals surface area contributed by atoms with Crippen LogP contribution in [0.1, 0.15) is 67.1 Å². The van der Waals surface area contributed by atoms with Crippen LogP contribution in [0.15, 0.2) is 70.2 Å². The lowest BCUT2D eigenvalue weighted by molar-refractivity contribution is 0.0983. The van der Waals surface area contributed by atoms with Crippen molar-refractivity contribution in [3.63, 3.8) is 0 Å². The predicted octanol–water partition coefficient (Wildman–Crippen LogP) is 6.42. The van der Waals surface area contributed by atoms with Gasteiger partial charge in [-0.05, 0) is 66.8 Å². The molecular weight excluding hydrogens is 506 g/mol. The summed E-state index contributed by atoms with van der Waals surface area (Å²) in [5.74, 6) is 0.670. The van der Waals surface area contributed by atoms with Crippen molar-refractivity contribution in [3.05, 3.63) is 77.7 Å². The van der Waals surface area contributed by atoms with E-state index in [1.165, 1.54) is 23.5 Å². The number of carbonyl (C=O) groups is 1. The molecule has 2 aromatic carbocycles. The van der Waals surface area contributed by atoms with Crippen LogP contribution in [0.5, 0.6) is 0 Å². The fourth-order valence-electron chi connectivity index (χ4n) is 4.68. The van der Waals surface area contributed by atoms with E-state index in [9.17, 15) is 13.2 Å². The van der Waals surface area contributed by atoms with E-state index in [1.54, 1.807) is 33.7 Å². The van der Waals surface area contributed by atoms with Crippen LogP contribution < -0.4 is 4.90 Å². The topological polar surface area (TPSA) is 83.7 Å². The van der Waals surface area contributed by atoms with E-state index in [-0.39, 0.29) is 17.3 Å². The Morgan fingerprint density at radius 3 is 2.41 bits per heavy atom. The summed E-state index contributed by atoms with van der Waals surface area (Å²) in [7, 11) is -3.59. The van der Waals surface area contributed by atoms with Gasteiger partial charge in [0.25, 0.3) is 5.91 Å². The highest BCUT2D eigenvalue weighted by Gasteiger charge is 2.27. The van der Waals surface area contributed by atoms with Crippen molar-refractivity contribution in [3.8, 4) is 0 Å². The second-order valence-corrected chi connectivity index (χ2v) is 12.6. The summed E-state index contributed by atoms with van der Waals surface area (Å²) >= 11 is 1.46. The Bertz CT molecular complexity index is 1470. The van der Waals surface area contributed by atoms with E-state index in [2.05, 4.69) is 19.9 Å². The van der Waals surface area contributed by atoms with E-state index in [0.717, 1.165) is 41.5 Å². The van der Waals surface area contributed by atoms with Gasteiger partial charge in [0.05, 0.1) is 27.9 Å². The highest BCUT2D eigenvalue weighted by atomic mass is 32.2. The normalized spacial score (nSPS) is 15.2. The SMILES string of the molecule is CC(C)c1cccc2sc(N(Cc3ccco3)C(=O)c3ccc(S(=O)(=O)N4CCCCCC4)cc3)nc12. The van der Waals surface area contributed by atoms with Gasteiger partial charge in [-0.3, -0.25) is 9.69 Å². The maximum atomic E-state index is 13.8. The van der Waals surface area contributed by atoms with Gasteiger partial charge in [0.1, 0.15) is 5.76 Å². The zero-order valence-corrected chi connectivity index (χ0v) is 22.7. The molecule has 5 rings (SSSR count). The molecule has 4 aromatic rings. The maximum absolute atomic E-state index is 13.8. The number of carbonyl (C=O) groups excluding carboxylic acids is 1. The zero-order valence-electron chi connectivity index (χ0n) is 21.1. The summed E-state index contributed by atoms with van der Waals surface area (Å²) in [6.07, 6.45) is 5.43. The Morgan fingerprint density at radius 1 is 1.03 bits per heavy atom. The Labute approximate surface area is 221 Å². The van der Waals surface area contributed by atoms with Gasteiger partial charge in [0.2, 0.25) is 10.0 Å². The largest absolute Gasteiger partial charge is 0.467 e. The first-order valence-electron chi connectivity index (χ1n) is 12.7. The van der Waals surface area contributed by atoms with E-state index < -0.39 is 10.0 Å². The van der Waals surface area contributed by atoms with Crippen molar-refractivity contribution in [2.75, 3.05) is 18.0 Å². The number of amides is 1. The summed E-state index contributed by atoms with van der Waals surface area (Å²) in [4.78, 5) is 20.5. The van der Waals surface area contributed by atoms with Crippen molar-refractivity contribution in [2.45, 2.75) is 56.9 Å². The van der Waals surface area contributed by atoms with E-state index in [1.807, 2.05) is 18.2 Å². The summed E-state index contributed by atoms with van der Waals surface area (Å²) in [6, 6.07) is 16.0. The van der Waals surface area contributed by atoms with E-state index in [4.69, 9.17) is 9.40 Å². The lowest BCUT2D eigenvalue weighted by atomic mass is 10.0. The molecule has 1 aliphatic rings. The van der Waals surface area contributed by atoms with Gasteiger partial charge >= 0.3 is 0 Å². The quantitative estimate of drug-likeness (QED) is 0.271. The van der Waals surface area contributed by atoms with Crippen molar-refractivity contribution >= 4 is 42.6 Å². The summed E-state index contributed by atoms with van der Waals surface area (Å²) in [5, 5.41) is 0.575. The molecule has 7 nitrogen and oxygen atoms in total. The third kappa shape index (κ3) is 5.35. The molecule has 0 unspecified atom stereocenters. The minimum Gasteiger partial charge on any atom is -0.467 e. The van der Waals surface area contributed by atoms with Gasteiger partial charge in [-0.15, -0.1) is 0 Å². The van der Waals surface area contributed by atoms with E-state index in [0.29, 0.717) is 35.5 Å². The monoisotopic (exact) mass is 537 g/mol. The molecule has 1 fully saturated rings. The van der Waals surface area contributed by atoms with Crippen LogP contribution in [0.3, 0.4) is 0 Å². The zero-order chi connectivity index (χ0) is 26.0. The molecular formula is C28H31N3O4S2. The van der Waals surface area contributed by atoms with Gasteiger partial charge in [0, 0.05) is 18.7 Å². The molecule has 0 radical (unpaired) electrons. The van der Waals surface area contributed by atoms with Crippen LogP contribution in [0.25, 0.3) is 10.2 Å². The summed E-state index contributed by atoms with van der Waals surface area (Å²) in [5.41, 5.74) is 2.42. The number of sulfonamides is 1. The van der Waals surface area contributed by atoms with Crippen molar-refractivity contribution in [1.82, 2.24) is 9.29 Å². The fraction of sp³-hybridized carbons (Fsp3) is 0.357. The Morgan fingerprint density at radius 2 is 1.76 bits per heavy atom. The molecule has 1 saturated heterocycles. The predicted molar refractivity (Wildman–Crippen MR) is 147 cm³/mol. The minimum absolute atomic E-state index is 0.213. The minimum atomic E-state index is -3.59. The highest BCUT2D eigenvalue weighted by molar-refractivity contribution is 7.89. The lowest BCUT2D eigenvalue weighted by Gasteiger charge is -2.21. The third-order valence-corrected chi connectivity index (χ3v) is 9.69. The van der Waals surface area contributed by atoms with Gasteiger partial charge < -0.3 is 4.42 Å². The van der Waals surface area contributed by atoms with Crippen LogP contribution in [-0.4, -0.2) is 36.7 Å². The number of anilines is 1. The molecule has 9 heteroatoms. The Balaban J connectivity index is 1.47. The lowest BCUT2D eigenvalue weighted by Crippen LogP contribution is -2.32. The summed E-state index contributed by atoms with van der Waals surface area (Å²) in [6.45, 7) is 5.55. The van der Waals surface area contributed by atoms with Gasteiger partial charge in [-0.2, -0.15) is 4.31 Å². The number of benzene rings is 2. The number of para-hydroxylation sites is 1. The molecule has 3 heterocycles. The Kier molecular flexibility index (Phi) is 7.46. The van der Waals surface area contributed by atoms with Crippen LogP contribution >= 0.6 is 11.3 Å². The molecule has 0 saturated carbocycles. The van der Waals surface area contributed by atoms with Gasteiger partial charge in [-0.1, -0.05) is 50.2 Å². The van der Waals surface area contributed by atoms with Crippen LogP contribution in [0.2, 0.25) is 0 Å². The molecule has 0 atom stereocenters. The van der Waals surface area contributed by atoms with Crippen LogP contribution in [0, 0.1) is 0 Å².